The predicted octanol–water partition coefficient (Wildman–Crippen LogP) is 1.76. The molecule has 5 nitrogen and oxygen atoms in total. The van der Waals surface area contributed by atoms with Crippen LogP contribution in [0.2, 0.25) is 0 Å². The molecule has 0 saturated carbocycles. The summed E-state index contributed by atoms with van der Waals surface area (Å²) >= 11 is 1.61. The third-order valence-electron chi connectivity index (χ3n) is 2.76. The molecule has 0 radical (unpaired) electrons. The summed E-state index contributed by atoms with van der Waals surface area (Å²) in [6, 6.07) is 13.8. The number of tetrazole rings is 1. The van der Waals surface area contributed by atoms with Gasteiger partial charge in [-0.15, -0.1) is 21.5 Å². The van der Waals surface area contributed by atoms with Gasteiger partial charge in [-0.1, -0.05) is 42.2 Å². The van der Waals surface area contributed by atoms with E-state index in [0.29, 0.717) is 18.9 Å². The van der Waals surface area contributed by atoms with Gasteiger partial charge in [-0.3, -0.25) is 0 Å². The molecule has 0 amide bonds. The van der Waals surface area contributed by atoms with Gasteiger partial charge < -0.3 is 5.73 Å². The quantitative estimate of drug-likeness (QED) is 0.748. The molecule has 2 N–H and O–H groups in total. The van der Waals surface area contributed by atoms with Crippen LogP contribution in [0.25, 0.3) is 11.4 Å². The van der Waals surface area contributed by atoms with Gasteiger partial charge >= 0.3 is 0 Å². The average molecular weight is 295 g/mol. The largest absolute Gasteiger partial charge is 0.320 e. The van der Waals surface area contributed by atoms with E-state index in [1.54, 1.807) is 16.1 Å². The summed E-state index contributed by atoms with van der Waals surface area (Å²) in [4.78, 5) is 3.72. The van der Waals surface area contributed by atoms with Crippen molar-refractivity contribution in [3.8, 4) is 23.2 Å². The van der Waals surface area contributed by atoms with Crippen molar-refractivity contribution < 1.29 is 0 Å². The van der Waals surface area contributed by atoms with E-state index < -0.39 is 0 Å². The van der Waals surface area contributed by atoms with Crippen LogP contribution in [0.4, 0.5) is 0 Å². The van der Waals surface area contributed by atoms with E-state index in [9.17, 15) is 0 Å². The predicted molar refractivity (Wildman–Crippen MR) is 82.6 cm³/mol. The topological polar surface area (TPSA) is 69.6 Å². The maximum atomic E-state index is 5.36. The van der Waals surface area contributed by atoms with Gasteiger partial charge in [0.25, 0.3) is 0 Å². The summed E-state index contributed by atoms with van der Waals surface area (Å²) in [5, 5.41) is 12.6. The molecule has 0 atom stereocenters. The molecule has 2 heterocycles. The highest BCUT2D eigenvalue weighted by Crippen LogP contribution is 2.17. The maximum absolute atomic E-state index is 5.36. The van der Waals surface area contributed by atoms with Gasteiger partial charge in [-0.25, -0.2) is 0 Å². The third kappa shape index (κ3) is 3.34. The Hall–Kier alpha value is -2.49. The Labute approximate surface area is 126 Å². The Morgan fingerprint density at radius 3 is 2.81 bits per heavy atom. The minimum absolute atomic E-state index is 0.373. The van der Waals surface area contributed by atoms with Crippen LogP contribution in [0.3, 0.4) is 0 Å². The Kier molecular flexibility index (Phi) is 4.05. The van der Waals surface area contributed by atoms with Crippen molar-refractivity contribution in [3.05, 3.63) is 52.2 Å². The van der Waals surface area contributed by atoms with Crippen LogP contribution in [0.1, 0.15) is 9.75 Å². The molecule has 0 aliphatic rings. The molecular formula is C15H13N5S. The number of nitrogens with two attached hydrogens (primary N) is 1. The van der Waals surface area contributed by atoms with Gasteiger partial charge in [0, 0.05) is 10.4 Å². The first-order chi connectivity index (χ1) is 10.3. The van der Waals surface area contributed by atoms with Crippen LogP contribution >= 0.6 is 11.3 Å². The number of benzene rings is 1. The van der Waals surface area contributed by atoms with Gasteiger partial charge in [-0.2, -0.15) is 4.80 Å². The van der Waals surface area contributed by atoms with Crippen LogP contribution in [-0.4, -0.2) is 26.8 Å². The summed E-state index contributed by atoms with van der Waals surface area (Å²) in [6.45, 7) is 0.965. The van der Waals surface area contributed by atoms with Crippen molar-refractivity contribution in [2.75, 3.05) is 6.54 Å². The van der Waals surface area contributed by atoms with Crippen molar-refractivity contribution in [3.63, 3.8) is 0 Å². The zero-order chi connectivity index (χ0) is 14.5. The van der Waals surface area contributed by atoms with Gasteiger partial charge in [0.1, 0.15) is 0 Å². The number of nitrogens with zero attached hydrogens (tertiary/aromatic N) is 4. The van der Waals surface area contributed by atoms with Gasteiger partial charge in [0.15, 0.2) is 0 Å². The number of aromatic nitrogens is 4. The molecule has 1 aromatic carbocycles. The lowest BCUT2D eigenvalue weighted by molar-refractivity contribution is 0.578. The van der Waals surface area contributed by atoms with Gasteiger partial charge in [-0.05, 0) is 17.3 Å². The number of rotatable bonds is 3. The number of thiophene rings is 1. The molecular weight excluding hydrogens is 282 g/mol. The van der Waals surface area contributed by atoms with Gasteiger partial charge in [0.05, 0.1) is 18.0 Å². The van der Waals surface area contributed by atoms with Crippen LogP contribution < -0.4 is 5.73 Å². The molecule has 6 heteroatoms. The highest BCUT2D eigenvalue weighted by molar-refractivity contribution is 7.12. The van der Waals surface area contributed by atoms with E-state index in [1.807, 2.05) is 42.5 Å². The highest BCUT2D eigenvalue weighted by atomic mass is 32.1. The Balaban J connectivity index is 1.74. The molecule has 0 aliphatic carbocycles. The lowest BCUT2D eigenvalue weighted by Gasteiger charge is -1.94. The smallest absolute Gasteiger partial charge is 0.204 e. The molecule has 3 aromatic rings. The fourth-order valence-corrected chi connectivity index (χ4v) is 2.68. The number of hydrogen-bond acceptors (Lipinski definition) is 5. The normalized spacial score (nSPS) is 10.1. The monoisotopic (exact) mass is 295 g/mol. The zero-order valence-corrected chi connectivity index (χ0v) is 12.0. The van der Waals surface area contributed by atoms with Crippen molar-refractivity contribution in [1.82, 2.24) is 20.2 Å². The fourth-order valence-electron chi connectivity index (χ4n) is 1.82. The first-order valence-corrected chi connectivity index (χ1v) is 7.27. The Morgan fingerprint density at radius 2 is 2.00 bits per heavy atom. The van der Waals surface area contributed by atoms with Crippen molar-refractivity contribution >= 4 is 11.3 Å². The van der Waals surface area contributed by atoms with E-state index in [0.717, 1.165) is 15.3 Å². The standard InChI is InChI=1S/C15H13N5S/c16-10-4-7-13-8-9-14(21-13)11-20-18-15(17-19-20)12-5-2-1-3-6-12/h1-3,5-6,8-9H,10-11,16H2. The zero-order valence-electron chi connectivity index (χ0n) is 11.2. The van der Waals surface area contributed by atoms with Gasteiger partial charge in [0.2, 0.25) is 5.82 Å². The van der Waals surface area contributed by atoms with E-state index in [-0.39, 0.29) is 0 Å². The molecule has 0 aliphatic heterocycles. The molecule has 0 unspecified atom stereocenters. The molecule has 0 fully saturated rings. The molecule has 0 bridgehead atoms. The second kappa shape index (κ2) is 6.31. The summed E-state index contributed by atoms with van der Waals surface area (Å²) in [5.74, 6) is 6.50. The molecule has 2 aromatic heterocycles. The minimum Gasteiger partial charge on any atom is -0.320 e. The molecule has 0 saturated heterocycles. The van der Waals surface area contributed by atoms with E-state index >= 15 is 0 Å². The summed E-state index contributed by atoms with van der Waals surface area (Å²) in [6.07, 6.45) is 0. The van der Waals surface area contributed by atoms with Crippen LogP contribution in [0, 0.1) is 11.8 Å². The minimum atomic E-state index is 0.373. The second-order valence-electron chi connectivity index (χ2n) is 4.28. The maximum Gasteiger partial charge on any atom is 0.204 e. The van der Waals surface area contributed by atoms with Crippen molar-refractivity contribution in [2.45, 2.75) is 6.54 Å². The molecule has 21 heavy (non-hydrogen) atoms. The fraction of sp³-hybridized carbons (Fsp3) is 0.133. The summed E-state index contributed by atoms with van der Waals surface area (Å²) < 4.78 is 0. The lowest BCUT2D eigenvalue weighted by Crippen LogP contribution is -2.02. The third-order valence-corrected chi connectivity index (χ3v) is 3.74. The summed E-state index contributed by atoms with van der Waals surface area (Å²) in [5.41, 5.74) is 6.33. The van der Waals surface area contributed by atoms with E-state index in [1.165, 1.54) is 0 Å². The number of hydrogen-bond donors (Lipinski definition) is 1. The summed E-state index contributed by atoms with van der Waals surface area (Å²) in [7, 11) is 0. The lowest BCUT2D eigenvalue weighted by atomic mass is 10.2. The molecule has 3 rings (SSSR count). The van der Waals surface area contributed by atoms with E-state index in [2.05, 4.69) is 27.3 Å². The van der Waals surface area contributed by atoms with E-state index in [4.69, 9.17) is 5.73 Å². The first kappa shape index (κ1) is 13.5. The molecule has 0 spiro atoms. The highest BCUT2D eigenvalue weighted by Gasteiger charge is 2.06. The Morgan fingerprint density at radius 1 is 1.14 bits per heavy atom. The van der Waals surface area contributed by atoms with Crippen LogP contribution in [-0.2, 0) is 6.54 Å². The average Bonchev–Trinajstić information content (AvgIpc) is 3.16. The Bertz CT molecular complexity index is 779. The first-order valence-electron chi connectivity index (χ1n) is 6.46. The second-order valence-corrected chi connectivity index (χ2v) is 5.45. The van der Waals surface area contributed by atoms with Crippen molar-refractivity contribution in [1.29, 1.82) is 0 Å². The molecule has 104 valence electrons. The van der Waals surface area contributed by atoms with Crippen molar-refractivity contribution in [2.24, 2.45) is 5.73 Å². The van der Waals surface area contributed by atoms with Crippen LogP contribution in [0.5, 0.6) is 0 Å². The van der Waals surface area contributed by atoms with Crippen LogP contribution in [0.15, 0.2) is 42.5 Å². The SMILES string of the molecule is NCC#Cc1ccc(Cn2nnc(-c3ccccc3)n2)s1.